The molecule has 0 N–H and O–H groups in total. The molecule has 0 saturated heterocycles. The van der Waals surface area contributed by atoms with E-state index in [-0.39, 0.29) is 27.8 Å². The van der Waals surface area contributed by atoms with E-state index < -0.39 is 0 Å². The van der Waals surface area contributed by atoms with Crippen molar-refractivity contribution < 1.29 is 9.59 Å². The first-order chi connectivity index (χ1) is 16.5. The smallest absolute Gasteiger partial charge is 0.194 e. The number of hydrogen-bond acceptors (Lipinski definition) is 2. The van der Waals surface area contributed by atoms with Crippen LogP contribution in [0.15, 0.2) is 59.7 Å². The van der Waals surface area contributed by atoms with Crippen molar-refractivity contribution in [2.45, 2.75) is 99.3 Å². The zero-order chi connectivity index (χ0) is 27.1. The summed E-state index contributed by atoms with van der Waals surface area (Å²) in [6, 6.07) is 11.7. The molecule has 0 atom stereocenters. The Labute approximate surface area is 218 Å². The van der Waals surface area contributed by atoms with Gasteiger partial charge in [0.1, 0.15) is 0 Å². The number of fused-ring (bicyclic) bond motifs is 2. The number of rotatable bonds is 7. The van der Waals surface area contributed by atoms with Gasteiger partial charge in [0.25, 0.3) is 0 Å². The van der Waals surface area contributed by atoms with Gasteiger partial charge in [0, 0.05) is 22.3 Å². The van der Waals surface area contributed by atoms with Crippen LogP contribution in [0.1, 0.15) is 131 Å². The fourth-order valence-electron chi connectivity index (χ4n) is 4.67. The van der Waals surface area contributed by atoms with E-state index in [1.165, 1.54) is 11.1 Å². The molecule has 2 nitrogen and oxygen atoms in total. The van der Waals surface area contributed by atoms with Crippen molar-refractivity contribution in [1.82, 2.24) is 0 Å². The van der Waals surface area contributed by atoms with Crippen molar-refractivity contribution in [2.24, 2.45) is 5.41 Å². The monoisotopic (exact) mass is 484 g/mol. The number of hydrogen-bond donors (Lipinski definition) is 0. The molecule has 0 saturated carbocycles. The van der Waals surface area contributed by atoms with Gasteiger partial charge in [-0.05, 0) is 91.7 Å². The molecule has 36 heavy (non-hydrogen) atoms. The van der Waals surface area contributed by atoms with E-state index >= 15 is 0 Å². The highest BCUT2D eigenvalue weighted by molar-refractivity contribution is 6.28. The van der Waals surface area contributed by atoms with Crippen molar-refractivity contribution in [3.8, 4) is 0 Å². The second kappa shape index (κ2) is 9.96. The largest absolute Gasteiger partial charge is 0.289 e. The van der Waals surface area contributed by atoms with Crippen LogP contribution in [0.3, 0.4) is 0 Å². The summed E-state index contributed by atoms with van der Waals surface area (Å²) in [5.74, 6) is -0.0954. The van der Waals surface area contributed by atoms with Gasteiger partial charge in [0.2, 0.25) is 0 Å². The number of ketones is 2. The van der Waals surface area contributed by atoms with Gasteiger partial charge < -0.3 is 0 Å². The van der Waals surface area contributed by atoms with Crippen molar-refractivity contribution >= 4 is 11.6 Å². The molecule has 3 rings (SSSR count). The van der Waals surface area contributed by atoms with Gasteiger partial charge in [-0.2, -0.15) is 0 Å². The molecule has 0 fully saturated rings. The fraction of sp³-hybridized carbons (Fsp3) is 0.471. The molecule has 0 heterocycles. The highest BCUT2D eigenvalue weighted by atomic mass is 16.1. The second-order valence-electron chi connectivity index (χ2n) is 13.1. The molecule has 0 aromatic heterocycles. The van der Waals surface area contributed by atoms with Crippen LogP contribution in [0.25, 0.3) is 0 Å². The van der Waals surface area contributed by atoms with E-state index in [2.05, 4.69) is 81.4 Å². The Bertz CT molecular complexity index is 1240. The molecular weight excluding hydrogens is 440 g/mol. The Morgan fingerprint density at radius 2 is 1.14 bits per heavy atom. The first-order valence-corrected chi connectivity index (χ1v) is 13.2. The van der Waals surface area contributed by atoms with E-state index in [1.54, 1.807) is 0 Å². The summed E-state index contributed by atoms with van der Waals surface area (Å²) in [5.41, 5.74) is 6.91. The lowest BCUT2D eigenvalue weighted by molar-refractivity contribution is 0.0978. The fourth-order valence-corrected chi connectivity index (χ4v) is 4.67. The molecule has 0 unspecified atom stereocenters. The maximum Gasteiger partial charge on any atom is 0.194 e. The van der Waals surface area contributed by atoms with Gasteiger partial charge in [-0.3, -0.25) is 9.59 Å². The Morgan fingerprint density at radius 3 is 1.61 bits per heavy atom. The highest BCUT2D eigenvalue weighted by Gasteiger charge is 2.33. The molecule has 2 aromatic carbocycles. The standard InChI is InChI=1S/C34H44O2/c1-22(2)17-19-34(9,10)25-14-16-27-29(21-25)31(36)28-20-24(13-15-26(28)30(27)35)33(7,8)18-11-12-23(3)32(4,5)6/h12-17,20-21H,11,18-19H2,1-10H3/b23-12+. The van der Waals surface area contributed by atoms with Gasteiger partial charge >= 0.3 is 0 Å². The first kappa shape index (κ1) is 27.8. The van der Waals surface area contributed by atoms with E-state index in [1.807, 2.05) is 36.4 Å². The predicted octanol–water partition coefficient (Wildman–Crippen LogP) is 9.15. The summed E-state index contributed by atoms with van der Waals surface area (Å²) in [6.45, 7) is 21.9. The van der Waals surface area contributed by atoms with Crippen LogP contribution in [-0.4, -0.2) is 11.6 Å². The molecule has 2 aromatic rings. The van der Waals surface area contributed by atoms with Crippen LogP contribution in [0, 0.1) is 5.41 Å². The molecule has 1 aliphatic carbocycles. The minimum atomic E-state index is -0.127. The van der Waals surface area contributed by atoms with Gasteiger partial charge in [-0.25, -0.2) is 0 Å². The quantitative estimate of drug-likeness (QED) is 0.313. The SMILES string of the molecule is CC(C)=CCC(C)(C)c1ccc2c(c1)C(=O)c1cc(C(C)(C)CC/C=C(\C)C(C)(C)C)ccc1C2=O. The summed E-state index contributed by atoms with van der Waals surface area (Å²) >= 11 is 0. The van der Waals surface area contributed by atoms with Crippen molar-refractivity contribution in [3.05, 3.63) is 93.1 Å². The Hall–Kier alpha value is -2.74. The van der Waals surface area contributed by atoms with Gasteiger partial charge in [-0.15, -0.1) is 0 Å². The number of benzene rings is 2. The molecule has 192 valence electrons. The van der Waals surface area contributed by atoms with Crippen LogP contribution in [-0.2, 0) is 10.8 Å². The Kier molecular flexibility index (Phi) is 7.70. The van der Waals surface area contributed by atoms with E-state index in [0.717, 1.165) is 30.4 Å². The third-order valence-corrected chi connectivity index (χ3v) is 8.00. The average Bonchev–Trinajstić information content (AvgIpc) is 2.79. The van der Waals surface area contributed by atoms with Crippen LogP contribution >= 0.6 is 0 Å². The maximum absolute atomic E-state index is 13.7. The highest BCUT2D eigenvalue weighted by Crippen LogP contribution is 2.37. The maximum atomic E-state index is 13.7. The van der Waals surface area contributed by atoms with Crippen LogP contribution in [0.2, 0.25) is 0 Å². The van der Waals surface area contributed by atoms with Gasteiger partial charge in [0.05, 0.1) is 0 Å². The lowest BCUT2D eigenvalue weighted by Gasteiger charge is -2.29. The molecule has 0 spiro atoms. The Morgan fingerprint density at radius 1 is 0.667 bits per heavy atom. The molecule has 0 amide bonds. The zero-order valence-corrected chi connectivity index (χ0v) is 24.1. The molecule has 0 aliphatic heterocycles. The number of allylic oxidation sites excluding steroid dienone is 4. The molecular formula is C34H44O2. The molecule has 0 radical (unpaired) electrons. The van der Waals surface area contributed by atoms with Crippen molar-refractivity contribution in [3.63, 3.8) is 0 Å². The first-order valence-electron chi connectivity index (χ1n) is 13.2. The van der Waals surface area contributed by atoms with Gasteiger partial charge in [-0.1, -0.05) is 83.9 Å². The van der Waals surface area contributed by atoms with Crippen LogP contribution in [0.4, 0.5) is 0 Å². The van der Waals surface area contributed by atoms with Crippen molar-refractivity contribution in [1.29, 1.82) is 0 Å². The molecule has 0 bridgehead atoms. The summed E-state index contributed by atoms with van der Waals surface area (Å²) in [6.07, 6.45) is 7.40. The summed E-state index contributed by atoms with van der Waals surface area (Å²) in [7, 11) is 0. The minimum Gasteiger partial charge on any atom is -0.289 e. The average molecular weight is 485 g/mol. The van der Waals surface area contributed by atoms with E-state index in [4.69, 9.17) is 0 Å². The minimum absolute atomic E-state index is 0.0411. The van der Waals surface area contributed by atoms with Gasteiger partial charge in [0.15, 0.2) is 11.6 Å². The van der Waals surface area contributed by atoms with E-state index in [9.17, 15) is 9.59 Å². The normalized spacial score (nSPS) is 14.4. The zero-order valence-electron chi connectivity index (χ0n) is 24.1. The third-order valence-electron chi connectivity index (χ3n) is 8.00. The van der Waals surface area contributed by atoms with Crippen molar-refractivity contribution in [2.75, 3.05) is 0 Å². The lowest BCUT2D eigenvalue weighted by Crippen LogP contribution is -2.25. The van der Waals surface area contributed by atoms with E-state index in [0.29, 0.717) is 22.3 Å². The number of carbonyl (C=O) groups is 2. The topological polar surface area (TPSA) is 34.1 Å². The predicted molar refractivity (Wildman–Crippen MR) is 152 cm³/mol. The summed E-state index contributed by atoms with van der Waals surface area (Å²) in [4.78, 5) is 27.1. The third kappa shape index (κ3) is 5.80. The summed E-state index contributed by atoms with van der Waals surface area (Å²) < 4.78 is 0. The second-order valence-corrected chi connectivity index (χ2v) is 13.1. The van der Waals surface area contributed by atoms with Crippen LogP contribution in [0.5, 0.6) is 0 Å². The Balaban J connectivity index is 1.94. The molecule has 2 heteroatoms. The molecule has 1 aliphatic rings. The number of carbonyl (C=O) groups excluding carboxylic acids is 2. The lowest BCUT2D eigenvalue weighted by atomic mass is 9.74. The van der Waals surface area contributed by atoms with Crippen LogP contribution < -0.4 is 0 Å². The summed E-state index contributed by atoms with van der Waals surface area (Å²) in [5, 5.41) is 0.